The van der Waals surface area contributed by atoms with Crippen LogP contribution in [0.2, 0.25) is 0 Å². The molecule has 1 saturated heterocycles. The minimum atomic E-state index is -0.250. The average molecular weight is 288 g/mol. The highest BCUT2D eigenvalue weighted by atomic mass is 35.5. The largest absolute Gasteiger partial charge is 0.466 e. The van der Waals surface area contributed by atoms with Crippen molar-refractivity contribution in [2.24, 2.45) is 5.92 Å². The predicted octanol–water partition coefficient (Wildman–Crippen LogP) is 2.50. The summed E-state index contributed by atoms with van der Waals surface area (Å²) >= 11 is 0. The number of nitrogens with one attached hydrogen (secondary N) is 1. The second-order valence-corrected chi connectivity index (χ2v) is 4.48. The fourth-order valence-corrected chi connectivity index (χ4v) is 2.49. The molecule has 1 aliphatic heterocycles. The monoisotopic (exact) mass is 287 g/mol. The number of esters is 1. The Kier molecular flexibility index (Phi) is 6.25. The van der Waals surface area contributed by atoms with Crippen LogP contribution in [0.5, 0.6) is 0 Å². The molecule has 2 atom stereocenters. The maximum absolute atomic E-state index is 13.8. The molecule has 0 radical (unpaired) electrons. The normalized spacial score (nSPS) is 22.4. The molecule has 0 aromatic heterocycles. The molecule has 1 aromatic rings. The number of halogens is 2. The molecule has 1 heterocycles. The highest BCUT2D eigenvalue weighted by Crippen LogP contribution is 2.31. The molecule has 1 N–H and O–H groups in total. The number of hydrogen-bond donors (Lipinski definition) is 1. The zero-order valence-corrected chi connectivity index (χ0v) is 11.7. The van der Waals surface area contributed by atoms with Crippen LogP contribution >= 0.6 is 12.4 Å². The smallest absolute Gasteiger partial charge is 0.309 e. The third-order valence-corrected chi connectivity index (χ3v) is 3.38. The van der Waals surface area contributed by atoms with E-state index < -0.39 is 0 Å². The quantitative estimate of drug-likeness (QED) is 0.868. The predicted molar refractivity (Wildman–Crippen MR) is 74.0 cm³/mol. The van der Waals surface area contributed by atoms with Gasteiger partial charge < -0.3 is 10.1 Å². The minimum Gasteiger partial charge on any atom is -0.466 e. The van der Waals surface area contributed by atoms with E-state index >= 15 is 0 Å². The van der Waals surface area contributed by atoms with Crippen LogP contribution in [0, 0.1) is 11.7 Å². The van der Waals surface area contributed by atoms with Gasteiger partial charge in [0.15, 0.2) is 0 Å². The van der Waals surface area contributed by atoms with E-state index in [1.54, 1.807) is 25.1 Å². The summed E-state index contributed by atoms with van der Waals surface area (Å²) < 4.78 is 18.9. The third-order valence-electron chi connectivity index (χ3n) is 3.38. The van der Waals surface area contributed by atoms with Crippen molar-refractivity contribution in [1.82, 2.24) is 5.32 Å². The molecule has 0 unspecified atom stereocenters. The second kappa shape index (κ2) is 7.46. The molecule has 0 spiro atoms. The van der Waals surface area contributed by atoms with Gasteiger partial charge in [-0.1, -0.05) is 18.2 Å². The molecular weight excluding hydrogens is 269 g/mol. The van der Waals surface area contributed by atoms with Crippen molar-refractivity contribution in [3.63, 3.8) is 0 Å². The number of hydrogen-bond acceptors (Lipinski definition) is 3. The Bertz CT molecular complexity index is 428. The van der Waals surface area contributed by atoms with Crippen molar-refractivity contribution in [3.8, 4) is 0 Å². The van der Waals surface area contributed by atoms with E-state index in [1.807, 2.05) is 0 Å². The summed E-state index contributed by atoms with van der Waals surface area (Å²) in [4.78, 5) is 11.9. The van der Waals surface area contributed by atoms with E-state index in [0.29, 0.717) is 25.1 Å². The summed E-state index contributed by atoms with van der Waals surface area (Å²) in [5.41, 5.74) is 0.600. The van der Waals surface area contributed by atoms with Gasteiger partial charge in [0.05, 0.1) is 12.5 Å². The average Bonchev–Trinajstić information content (AvgIpc) is 2.40. The standard InChI is InChI=1S/C14H18FNO2.ClH/c1-2-18-14(17)11-7-8-16-9-12(11)10-5-3-4-6-13(10)15;/h3-6,11-12,16H,2,7-9H2,1H3;1H/t11-,12+;/m0./s1. The lowest BCUT2D eigenvalue weighted by Crippen LogP contribution is -2.39. The Morgan fingerprint density at radius 1 is 1.47 bits per heavy atom. The molecule has 106 valence electrons. The zero-order chi connectivity index (χ0) is 13.0. The van der Waals surface area contributed by atoms with Gasteiger partial charge in [-0.25, -0.2) is 4.39 Å². The Morgan fingerprint density at radius 2 is 2.21 bits per heavy atom. The van der Waals surface area contributed by atoms with Gasteiger partial charge in [-0.2, -0.15) is 0 Å². The highest BCUT2D eigenvalue weighted by molar-refractivity contribution is 5.85. The molecule has 0 saturated carbocycles. The second-order valence-electron chi connectivity index (χ2n) is 4.48. The number of rotatable bonds is 3. The fourth-order valence-electron chi connectivity index (χ4n) is 2.49. The summed E-state index contributed by atoms with van der Waals surface area (Å²) in [6, 6.07) is 6.65. The lowest BCUT2D eigenvalue weighted by Gasteiger charge is -2.31. The molecular formula is C14H19ClFNO2. The first kappa shape index (κ1) is 15.9. The first-order chi connectivity index (χ1) is 8.74. The summed E-state index contributed by atoms with van der Waals surface area (Å²) in [7, 11) is 0. The zero-order valence-electron chi connectivity index (χ0n) is 10.9. The maximum Gasteiger partial charge on any atom is 0.309 e. The van der Waals surface area contributed by atoms with Gasteiger partial charge in [-0.05, 0) is 31.5 Å². The van der Waals surface area contributed by atoms with Crippen LogP contribution < -0.4 is 5.32 Å². The van der Waals surface area contributed by atoms with Gasteiger partial charge in [0, 0.05) is 12.5 Å². The highest BCUT2D eigenvalue weighted by Gasteiger charge is 2.34. The van der Waals surface area contributed by atoms with Crippen molar-refractivity contribution >= 4 is 18.4 Å². The fraction of sp³-hybridized carbons (Fsp3) is 0.500. The van der Waals surface area contributed by atoms with Gasteiger partial charge in [-0.3, -0.25) is 4.79 Å². The van der Waals surface area contributed by atoms with Gasteiger partial charge >= 0.3 is 5.97 Å². The van der Waals surface area contributed by atoms with Crippen LogP contribution in [-0.4, -0.2) is 25.7 Å². The van der Waals surface area contributed by atoms with Crippen molar-refractivity contribution < 1.29 is 13.9 Å². The molecule has 0 aliphatic carbocycles. The van der Waals surface area contributed by atoms with Gasteiger partial charge in [0.2, 0.25) is 0 Å². The Morgan fingerprint density at radius 3 is 2.89 bits per heavy atom. The molecule has 2 rings (SSSR count). The number of ether oxygens (including phenoxy) is 1. The first-order valence-corrected chi connectivity index (χ1v) is 6.35. The molecule has 1 aromatic carbocycles. The van der Waals surface area contributed by atoms with Crippen LogP contribution in [0.15, 0.2) is 24.3 Å². The topological polar surface area (TPSA) is 38.3 Å². The van der Waals surface area contributed by atoms with Gasteiger partial charge in [0.1, 0.15) is 5.82 Å². The number of benzene rings is 1. The lowest BCUT2D eigenvalue weighted by atomic mass is 9.81. The van der Waals surface area contributed by atoms with Crippen LogP contribution in [0.25, 0.3) is 0 Å². The molecule has 5 heteroatoms. The van der Waals surface area contributed by atoms with E-state index in [4.69, 9.17) is 4.74 Å². The van der Waals surface area contributed by atoms with Crippen molar-refractivity contribution in [2.75, 3.05) is 19.7 Å². The van der Waals surface area contributed by atoms with E-state index in [2.05, 4.69) is 5.32 Å². The van der Waals surface area contributed by atoms with Crippen molar-refractivity contribution in [1.29, 1.82) is 0 Å². The van der Waals surface area contributed by atoms with Gasteiger partial charge in [-0.15, -0.1) is 12.4 Å². The Labute approximate surface area is 118 Å². The molecule has 0 amide bonds. The minimum absolute atomic E-state index is 0. The van der Waals surface area contributed by atoms with Crippen molar-refractivity contribution in [3.05, 3.63) is 35.6 Å². The maximum atomic E-state index is 13.8. The van der Waals surface area contributed by atoms with E-state index in [-0.39, 0.29) is 36.0 Å². The molecule has 3 nitrogen and oxygen atoms in total. The van der Waals surface area contributed by atoms with E-state index in [0.717, 1.165) is 6.54 Å². The lowest BCUT2D eigenvalue weighted by molar-refractivity contribution is -0.149. The number of carbonyl (C=O) groups is 1. The SMILES string of the molecule is CCOC(=O)[C@H]1CCNC[C@@H]1c1ccccc1F.Cl. The van der Waals surface area contributed by atoms with Crippen LogP contribution in [0.4, 0.5) is 4.39 Å². The first-order valence-electron chi connectivity index (χ1n) is 6.35. The van der Waals surface area contributed by atoms with E-state index in [1.165, 1.54) is 6.07 Å². The molecule has 0 bridgehead atoms. The third kappa shape index (κ3) is 3.67. The number of piperidine rings is 1. The molecule has 1 fully saturated rings. The molecule has 1 aliphatic rings. The van der Waals surface area contributed by atoms with Crippen LogP contribution in [0.3, 0.4) is 0 Å². The Hall–Kier alpha value is -1.13. The van der Waals surface area contributed by atoms with Crippen LogP contribution in [0.1, 0.15) is 24.8 Å². The summed E-state index contributed by atoms with van der Waals surface area (Å²) in [6.07, 6.45) is 0.692. The summed E-state index contributed by atoms with van der Waals surface area (Å²) in [5.74, 6) is -0.852. The number of carbonyl (C=O) groups excluding carboxylic acids is 1. The van der Waals surface area contributed by atoms with Crippen LogP contribution in [-0.2, 0) is 9.53 Å². The van der Waals surface area contributed by atoms with E-state index in [9.17, 15) is 9.18 Å². The van der Waals surface area contributed by atoms with Gasteiger partial charge in [0.25, 0.3) is 0 Å². The summed E-state index contributed by atoms with van der Waals surface area (Å²) in [5, 5.41) is 3.21. The Balaban J connectivity index is 0.00000180. The molecule has 19 heavy (non-hydrogen) atoms. The summed E-state index contributed by atoms with van der Waals surface area (Å²) in [6.45, 7) is 3.54. The van der Waals surface area contributed by atoms with Crippen molar-refractivity contribution in [2.45, 2.75) is 19.3 Å².